The van der Waals surface area contributed by atoms with E-state index < -0.39 is 0 Å². The van der Waals surface area contributed by atoms with Crippen LogP contribution in [0.5, 0.6) is 0 Å². The minimum atomic E-state index is -0.117. The summed E-state index contributed by atoms with van der Waals surface area (Å²) in [5.74, 6) is -0.117. The molecule has 0 bridgehead atoms. The minimum Gasteiger partial charge on any atom is -0.315 e. The van der Waals surface area contributed by atoms with E-state index in [1.165, 1.54) is 18.9 Å². The molecule has 2 rings (SSSR count). The average Bonchev–Trinajstić information content (AvgIpc) is 2.29. The number of halogens is 3. The van der Waals surface area contributed by atoms with Gasteiger partial charge in [-0.2, -0.15) is 0 Å². The van der Waals surface area contributed by atoms with Gasteiger partial charge in [0.05, 0.1) is 0 Å². The van der Waals surface area contributed by atoms with E-state index >= 15 is 0 Å². The van der Waals surface area contributed by atoms with Gasteiger partial charge in [-0.05, 0) is 25.5 Å². The molecule has 98 valence electrons. The summed E-state index contributed by atoms with van der Waals surface area (Å²) in [6.45, 7) is 2.73. The molecule has 17 heavy (non-hydrogen) atoms. The number of piperidine rings is 1. The second kappa shape index (κ2) is 8.70. The van der Waals surface area contributed by atoms with Gasteiger partial charge in [-0.25, -0.2) is 4.39 Å². The Morgan fingerprint density at radius 2 is 2.06 bits per heavy atom. The molecule has 1 aliphatic heterocycles. The molecule has 0 spiro atoms. The van der Waals surface area contributed by atoms with E-state index in [9.17, 15) is 4.39 Å². The molecule has 0 unspecified atom stereocenters. The lowest BCUT2D eigenvalue weighted by Crippen LogP contribution is -2.42. The topological polar surface area (TPSA) is 24.1 Å². The molecule has 1 aliphatic rings. The van der Waals surface area contributed by atoms with Crippen molar-refractivity contribution in [3.63, 3.8) is 0 Å². The summed E-state index contributed by atoms with van der Waals surface area (Å²) in [6, 6.07) is 7.42. The van der Waals surface area contributed by atoms with Gasteiger partial charge in [0.25, 0.3) is 0 Å². The summed E-state index contributed by atoms with van der Waals surface area (Å²) in [4.78, 5) is 0. The van der Waals surface area contributed by atoms with E-state index in [0.29, 0.717) is 12.6 Å². The van der Waals surface area contributed by atoms with Crippen molar-refractivity contribution in [2.45, 2.75) is 25.4 Å². The van der Waals surface area contributed by atoms with Crippen LogP contribution in [0.15, 0.2) is 24.3 Å². The van der Waals surface area contributed by atoms with E-state index in [0.717, 1.165) is 18.7 Å². The first kappa shape index (κ1) is 16.6. The van der Waals surface area contributed by atoms with Crippen molar-refractivity contribution >= 4 is 24.8 Å². The molecule has 5 heteroatoms. The minimum absolute atomic E-state index is 0. The predicted molar refractivity (Wildman–Crippen MR) is 73.6 cm³/mol. The zero-order valence-electron chi connectivity index (χ0n) is 9.62. The van der Waals surface area contributed by atoms with E-state index in [4.69, 9.17) is 0 Å². The van der Waals surface area contributed by atoms with Crippen molar-refractivity contribution in [2.75, 3.05) is 13.1 Å². The SMILES string of the molecule is Cl.Cl.Fc1ccccc1CN[C@H]1CCCNC1. The maximum atomic E-state index is 13.3. The lowest BCUT2D eigenvalue weighted by atomic mass is 10.1. The molecule has 2 nitrogen and oxygen atoms in total. The number of rotatable bonds is 3. The van der Waals surface area contributed by atoms with Gasteiger partial charge in [-0.3, -0.25) is 0 Å². The van der Waals surface area contributed by atoms with Crippen molar-refractivity contribution in [3.05, 3.63) is 35.6 Å². The van der Waals surface area contributed by atoms with E-state index in [2.05, 4.69) is 10.6 Å². The van der Waals surface area contributed by atoms with E-state index in [-0.39, 0.29) is 30.6 Å². The van der Waals surface area contributed by atoms with Crippen LogP contribution >= 0.6 is 24.8 Å². The van der Waals surface area contributed by atoms with Gasteiger partial charge >= 0.3 is 0 Å². The molecule has 0 aromatic heterocycles. The Bertz CT molecular complexity index is 317. The molecule has 0 amide bonds. The highest BCUT2D eigenvalue weighted by Crippen LogP contribution is 2.07. The second-order valence-electron chi connectivity index (χ2n) is 4.02. The van der Waals surface area contributed by atoms with Crippen LogP contribution in [0.3, 0.4) is 0 Å². The van der Waals surface area contributed by atoms with Crippen LogP contribution in [0.25, 0.3) is 0 Å². The fourth-order valence-electron chi connectivity index (χ4n) is 1.92. The summed E-state index contributed by atoms with van der Waals surface area (Å²) >= 11 is 0. The van der Waals surface area contributed by atoms with Gasteiger partial charge in [0.1, 0.15) is 5.82 Å². The number of hydrogen-bond acceptors (Lipinski definition) is 2. The lowest BCUT2D eigenvalue weighted by molar-refractivity contribution is 0.386. The summed E-state index contributed by atoms with van der Waals surface area (Å²) in [7, 11) is 0. The molecule has 1 atom stereocenters. The van der Waals surface area contributed by atoms with Crippen LogP contribution in [0.2, 0.25) is 0 Å². The van der Waals surface area contributed by atoms with Crippen LogP contribution < -0.4 is 10.6 Å². The molecular formula is C12H19Cl2FN2. The van der Waals surface area contributed by atoms with Gasteiger partial charge in [0.15, 0.2) is 0 Å². The van der Waals surface area contributed by atoms with Gasteiger partial charge in [-0.15, -0.1) is 24.8 Å². The standard InChI is InChI=1S/C12H17FN2.2ClH/c13-12-6-2-1-4-10(12)8-15-11-5-3-7-14-9-11;;/h1-2,4,6,11,14-15H,3,5,7-9H2;2*1H/t11-;;/m0../s1. The van der Waals surface area contributed by atoms with Crippen molar-refractivity contribution in [2.24, 2.45) is 0 Å². The van der Waals surface area contributed by atoms with Crippen molar-refractivity contribution in [1.82, 2.24) is 10.6 Å². The second-order valence-corrected chi connectivity index (χ2v) is 4.02. The fourth-order valence-corrected chi connectivity index (χ4v) is 1.92. The highest BCUT2D eigenvalue weighted by molar-refractivity contribution is 5.85. The first-order valence-electron chi connectivity index (χ1n) is 5.54. The lowest BCUT2D eigenvalue weighted by Gasteiger charge is -2.23. The monoisotopic (exact) mass is 280 g/mol. The van der Waals surface area contributed by atoms with Gasteiger partial charge in [0.2, 0.25) is 0 Å². The summed E-state index contributed by atoms with van der Waals surface area (Å²) in [5, 5.41) is 6.71. The number of benzene rings is 1. The number of nitrogens with one attached hydrogen (secondary N) is 2. The Kier molecular flexibility index (Phi) is 8.52. The van der Waals surface area contributed by atoms with Crippen molar-refractivity contribution in [3.8, 4) is 0 Å². The summed E-state index contributed by atoms with van der Waals surface area (Å²) < 4.78 is 13.3. The Morgan fingerprint density at radius 3 is 2.71 bits per heavy atom. The van der Waals surface area contributed by atoms with Gasteiger partial charge in [0, 0.05) is 24.7 Å². The van der Waals surface area contributed by atoms with Crippen LogP contribution in [0.1, 0.15) is 18.4 Å². The zero-order chi connectivity index (χ0) is 10.5. The normalized spacial score (nSPS) is 19.0. The molecule has 1 aromatic carbocycles. The van der Waals surface area contributed by atoms with Gasteiger partial charge in [-0.1, -0.05) is 18.2 Å². The Balaban J connectivity index is 0.00000128. The first-order chi connectivity index (χ1) is 7.36. The molecule has 1 saturated heterocycles. The molecule has 1 fully saturated rings. The maximum absolute atomic E-state index is 13.3. The average molecular weight is 281 g/mol. The third kappa shape index (κ3) is 5.21. The summed E-state index contributed by atoms with van der Waals surface area (Å²) in [5.41, 5.74) is 0.753. The molecule has 0 saturated carbocycles. The molecule has 0 radical (unpaired) electrons. The smallest absolute Gasteiger partial charge is 0.127 e. The van der Waals surface area contributed by atoms with Gasteiger partial charge < -0.3 is 10.6 Å². The van der Waals surface area contributed by atoms with E-state index in [1.54, 1.807) is 6.07 Å². The highest BCUT2D eigenvalue weighted by atomic mass is 35.5. The van der Waals surface area contributed by atoms with Crippen molar-refractivity contribution in [1.29, 1.82) is 0 Å². The Hall–Kier alpha value is -0.350. The predicted octanol–water partition coefficient (Wildman–Crippen LogP) is 2.51. The molecule has 1 heterocycles. The van der Waals surface area contributed by atoms with Crippen LogP contribution in [0, 0.1) is 5.82 Å². The molecule has 2 N–H and O–H groups in total. The van der Waals surface area contributed by atoms with Crippen LogP contribution in [0.4, 0.5) is 4.39 Å². The number of hydrogen-bond donors (Lipinski definition) is 2. The van der Waals surface area contributed by atoms with E-state index in [1.807, 2.05) is 12.1 Å². The summed E-state index contributed by atoms with van der Waals surface area (Å²) in [6.07, 6.45) is 2.39. The molecule has 0 aliphatic carbocycles. The third-order valence-corrected chi connectivity index (χ3v) is 2.84. The highest BCUT2D eigenvalue weighted by Gasteiger charge is 2.12. The zero-order valence-corrected chi connectivity index (χ0v) is 11.2. The first-order valence-corrected chi connectivity index (χ1v) is 5.54. The Morgan fingerprint density at radius 1 is 1.29 bits per heavy atom. The fraction of sp³-hybridized carbons (Fsp3) is 0.500. The molecule has 1 aromatic rings. The third-order valence-electron chi connectivity index (χ3n) is 2.84. The maximum Gasteiger partial charge on any atom is 0.127 e. The van der Waals surface area contributed by atoms with Crippen LogP contribution in [-0.2, 0) is 6.54 Å². The molecular weight excluding hydrogens is 262 g/mol. The van der Waals surface area contributed by atoms with Crippen molar-refractivity contribution < 1.29 is 4.39 Å². The van der Waals surface area contributed by atoms with Crippen LogP contribution in [-0.4, -0.2) is 19.1 Å². The quantitative estimate of drug-likeness (QED) is 0.889. The Labute approximate surface area is 114 Å². The largest absolute Gasteiger partial charge is 0.315 e.